The van der Waals surface area contributed by atoms with E-state index in [1.54, 1.807) is 13.1 Å². The number of benzene rings is 1. The summed E-state index contributed by atoms with van der Waals surface area (Å²) in [6.45, 7) is 2.55. The van der Waals surface area contributed by atoms with Crippen LogP contribution in [0.3, 0.4) is 0 Å². The van der Waals surface area contributed by atoms with Gasteiger partial charge in [-0.3, -0.25) is 9.78 Å². The largest absolute Gasteiger partial charge is 0.487 e. The maximum absolute atomic E-state index is 11.4. The molecule has 5 heteroatoms. The summed E-state index contributed by atoms with van der Waals surface area (Å²) in [5.74, 6) is 0.605. The average molecular weight is 285 g/mol. The van der Waals surface area contributed by atoms with Crippen LogP contribution in [-0.2, 0) is 17.9 Å². The van der Waals surface area contributed by atoms with Crippen molar-refractivity contribution in [1.29, 1.82) is 0 Å². The number of aromatic nitrogens is 1. The van der Waals surface area contributed by atoms with Crippen LogP contribution in [-0.4, -0.2) is 16.9 Å². The van der Waals surface area contributed by atoms with E-state index < -0.39 is 6.04 Å². The fourth-order valence-corrected chi connectivity index (χ4v) is 1.69. The second-order valence-electron chi connectivity index (χ2n) is 4.76. The highest BCUT2D eigenvalue weighted by molar-refractivity contribution is 5.80. The van der Waals surface area contributed by atoms with E-state index in [4.69, 9.17) is 10.5 Å². The van der Waals surface area contributed by atoms with Gasteiger partial charge in [0.25, 0.3) is 0 Å². The molecular weight excluding hydrogens is 266 g/mol. The third kappa shape index (κ3) is 4.89. The summed E-state index contributed by atoms with van der Waals surface area (Å²) in [6.07, 6.45) is 1.74. The summed E-state index contributed by atoms with van der Waals surface area (Å²) in [4.78, 5) is 15.6. The molecule has 3 N–H and O–H groups in total. The minimum Gasteiger partial charge on any atom is -0.487 e. The van der Waals surface area contributed by atoms with Gasteiger partial charge in [-0.2, -0.15) is 0 Å². The van der Waals surface area contributed by atoms with Crippen molar-refractivity contribution in [2.24, 2.45) is 5.73 Å². The predicted octanol–water partition coefficient (Wildman–Crippen LogP) is 1.62. The number of hydrogen-bond acceptors (Lipinski definition) is 4. The van der Waals surface area contributed by atoms with Crippen molar-refractivity contribution in [1.82, 2.24) is 10.3 Å². The van der Waals surface area contributed by atoms with Gasteiger partial charge in [0.05, 0.1) is 11.7 Å². The zero-order chi connectivity index (χ0) is 15.1. The van der Waals surface area contributed by atoms with Crippen molar-refractivity contribution in [2.75, 3.05) is 0 Å². The van der Waals surface area contributed by atoms with E-state index in [2.05, 4.69) is 10.3 Å². The van der Waals surface area contributed by atoms with Crippen molar-refractivity contribution in [3.63, 3.8) is 0 Å². The highest BCUT2D eigenvalue weighted by Gasteiger charge is 2.06. The van der Waals surface area contributed by atoms with Crippen LogP contribution in [0.2, 0.25) is 0 Å². The second kappa shape index (κ2) is 7.40. The van der Waals surface area contributed by atoms with Crippen LogP contribution in [0.1, 0.15) is 18.2 Å². The van der Waals surface area contributed by atoms with Crippen molar-refractivity contribution < 1.29 is 9.53 Å². The Morgan fingerprint density at radius 3 is 2.67 bits per heavy atom. The maximum Gasteiger partial charge on any atom is 0.236 e. The lowest BCUT2D eigenvalue weighted by atomic mass is 10.2. The first-order chi connectivity index (χ1) is 10.1. The van der Waals surface area contributed by atoms with Crippen molar-refractivity contribution in [3.05, 3.63) is 59.9 Å². The lowest BCUT2D eigenvalue weighted by molar-refractivity contribution is -0.122. The summed E-state index contributed by atoms with van der Waals surface area (Å²) in [7, 11) is 0. The summed E-state index contributed by atoms with van der Waals surface area (Å²) < 4.78 is 5.64. The number of nitrogens with one attached hydrogen (secondary N) is 1. The molecule has 21 heavy (non-hydrogen) atoms. The Labute approximate surface area is 124 Å². The number of amides is 1. The Hall–Kier alpha value is -2.40. The van der Waals surface area contributed by atoms with Crippen LogP contribution in [0.4, 0.5) is 0 Å². The van der Waals surface area contributed by atoms with E-state index in [0.717, 1.165) is 17.0 Å². The number of carbonyl (C=O) groups excluding carboxylic acids is 1. The first-order valence-electron chi connectivity index (χ1n) is 6.80. The third-order valence-electron chi connectivity index (χ3n) is 2.92. The van der Waals surface area contributed by atoms with E-state index in [1.165, 1.54) is 0 Å². The van der Waals surface area contributed by atoms with Gasteiger partial charge in [0, 0.05) is 12.7 Å². The molecule has 0 radical (unpaired) electrons. The van der Waals surface area contributed by atoms with E-state index >= 15 is 0 Å². The van der Waals surface area contributed by atoms with Gasteiger partial charge < -0.3 is 15.8 Å². The number of rotatable bonds is 6. The van der Waals surface area contributed by atoms with Gasteiger partial charge in [-0.1, -0.05) is 18.2 Å². The molecule has 110 valence electrons. The molecule has 2 rings (SSSR count). The smallest absolute Gasteiger partial charge is 0.236 e. The fourth-order valence-electron chi connectivity index (χ4n) is 1.69. The summed E-state index contributed by atoms with van der Waals surface area (Å²) >= 11 is 0. The van der Waals surface area contributed by atoms with Crippen molar-refractivity contribution in [3.8, 4) is 5.75 Å². The molecule has 0 aliphatic rings. The van der Waals surface area contributed by atoms with Crippen LogP contribution >= 0.6 is 0 Å². The van der Waals surface area contributed by atoms with Crippen molar-refractivity contribution in [2.45, 2.75) is 26.1 Å². The number of pyridine rings is 1. The van der Waals surface area contributed by atoms with Gasteiger partial charge in [0.15, 0.2) is 0 Å². The minimum atomic E-state index is -0.494. The molecular formula is C16H19N3O2. The molecule has 0 aliphatic carbocycles. The molecule has 1 amide bonds. The van der Waals surface area contributed by atoms with Gasteiger partial charge >= 0.3 is 0 Å². The highest BCUT2D eigenvalue weighted by Crippen LogP contribution is 2.13. The van der Waals surface area contributed by atoms with Crippen LogP contribution in [0.5, 0.6) is 5.75 Å². The molecule has 1 aromatic heterocycles. The van der Waals surface area contributed by atoms with Gasteiger partial charge in [0.2, 0.25) is 5.91 Å². The Morgan fingerprint density at radius 2 is 2.05 bits per heavy atom. The number of nitrogens with zero attached hydrogens (tertiary/aromatic N) is 1. The Balaban J connectivity index is 1.83. The summed E-state index contributed by atoms with van der Waals surface area (Å²) in [6, 6.07) is 12.8. The molecule has 0 saturated heterocycles. The van der Waals surface area contributed by atoms with Gasteiger partial charge in [-0.25, -0.2) is 0 Å². The Morgan fingerprint density at radius 1 is 1.29 bits per heavy atom. The molecule has 2 aromatic rings. The number of ether oxygens (including phenoxy) is 1. The first-order valence-corrected chi connectivity index (χ1v) is 6.80. The molecule has 5 nitrogen and oxygen atoms in total. The zero-order valence-electron chi connectivity index (χ0n) is 12.0. The van der Waals surface area contributed by atoms with Crippen molar-refractivity contribution >= 4 is 5.91 Å². The molecule has 1 aromatic carbocycles. The molecule has 1 heterocycles. The lowest BCUT2D eigenvalue weighted by Crippen LogP contribution is -2.37. The van der Waals surface area contributed by atoms with E-state index in [-0.39, 0.29) is 5.91 Å². The van der Waals surface area contributed by atoms with E-state index in [9.17, 15) is 4.79 Å². The maximum atomic E-state index is 11.4. The quantitative estimate of drug-likeness (QED) is 0.845. The van der Waals surface area contributed by atoms with Crippen LogP contribution in [0.25, 0.3) is 0 Å². The van der Waals surface area contributed by atoms with Crippen LogP contribution in [0.15, 0.2) is 48.7 Å². The normalized spacial score (nSPS) is 11.7. The molecule has 1 unspecified atom stereocenters. The summed E-state index contributed by atoms with van der Waals surface area (Å²) in [5.41, 5.74) is 7.36. The van der Waals surface area contributed by atoms with Crippen LogP contribution < -0.4 is 15.8 Å². The standard InChI is InChI=1S/C16H19N3O2/c1-12(17)16(20)19-10-13-5-7-15(8-6-13)21-11-14-4-2-3-9-18-14/h2-9,12H,10-11,17H2,1H3,(H,19,20). The first kappa shape index (κ1) is 15.0. The molecule has 1 atom stereocenters. The highest BCUT2D eigenvalue weighted by atomic mass is 16.5. The van der Waals surface area contributed by atoms with Gasteiger partial charge in [-0.05, 0) is 36.8 Å². The molecule has 0 spiro atoms. The number of carbonyl (C=O) groups is 1. The van der Waals surface area contributed by atoms with Crippen LogP contribution in [0, 0.1) is 0 Å². The number of hydrogen-bond donors (Lipinski definition) is 2. The Bertz CT molecular complexity index is 568. The number of nitrogens with two attached hydrogens (primary N) is 1. The minimum absolute atomic E-state index is 0.162. The van der Waals surface area contributed by atoms with Gasteiger partial charge in [0.1, 0.15) is 12.4 Å². The Kier molecular flexibility index (Phi) is 5.29. The molecule has 0 aliphatic heterocycles. The SMILES string of the molecule is CC(N)C(=O)NCc1ccc(OCc2ccccn2)cc1. The second-order valence-corrected chi connectivity index (χ2v) is 4.76. The molecule has 0 fully saturated rings. The fraction of sp³-hybridized carbons (Fsp3) is 0.250. The monoisotopic (exact) mass is 285 g/mol. The molecule has 0 bridgehead atoms. The van der Waals surface area contributed by atoms with E-state index in [0.29, 0.717) is 13.2 Å². The average Bonchev–Trinajstić information content (AvgIpc) is 2.52. The third-order valence-corrected chi connectivity index (χ3v) is 2.92. The van der Waals surface area contributed by atoms with Gasteiger partial charge in [-0.15, -0.1) is 0 Å². The molecule has 0 saturated carbocycles. The zero-order valence-corrected chi connectivity index (χ0v) is 12.0. The van der Waals surface area contributed by atoms with E-state index in [1.807, 2.05) is 42.5 Å². The predicted molar refractivity (Wildman–Crippen MR) is 80.5 cm³/mol. The summed E-state index contributed by atoms with van der Waals surface area (Å²) in [5, 5.41) is 2.76. The topological polar surface area (TPSA) is 77.2 Å². The lowest BCUT2D eigenvalue weighted by Gasteiger charge is -2.09.